The summed E-state index contributed by atoms with van der Waals surface area (Å²) in [6.07, 6.45) is 3.48. The molecule has 1 saturated heterocycles. The third-order valence-corrected chi connectivity index (χ3v) is 9.12. The van der Waals surface area contributed by atoms with Crippen LogP contribution in [0.4, 0.5) is 10.1 Å². The van der Waals surface area contributed by atoms with E-state index >= 15 is 4.39 Å². The van der Waals surface area contributed by atoms with E-state index in [1.807, 2.05) is 6.07 Å². The number of aliphatic hydroxyl groups is 1. The summed E-state index contributed by atoms with van der Waals surface area (Å²) >= 11 is 12.6. The zero-order valence-electron chi connectivity index (χ0n) is 22.0. The lowest BCUT2D eigenvalue weighted by Gasteiger charge is -2.38. The number of ketones is 1. The van der Waals surface area contributed by atoms with E-state index in [1.165, 1.54) is 6.07 Å². The van der Waals surface area contributed by atoms with E-state index in [4.69, 9.17) is 23.2 Å². The van der Waals surface area contributed by atoms with Crippen molar-refractivity contribution < 1.29 is 19.1 Å². The number of halogens is 3. The standard InChI is InChI=1S/C30H35Cl2FN2O3/c1-29(2,3)15-24-30(20-12-9-17(31)14-22(20)34-28(30)38)25(19-5-4-6-21(32)26(19)33)27(35-24)23(37)13-16-7-10-18(36)11-8-16/h4-6,9,12,14,16,18,24-25,27,35-36H,7-8,10-11,13,15H2,1-3H3,(H,34,38). The minimum absolute atomic E-state index is 0.0400. The molecular formula is C30H35Cl2FN2O3. The molecule has 2 fully saturated rings. The molecule has 38 heavy (non-hydrogen) atoms. The smallest absolute Gasteiger partial charge is 0.237 e. The molecule has 0 bridgehead atoms. The van der Waals surface area contributed by atoms with Gasteiger partial charge in [0.05, 0.1) is 17.2 Å². The number of Topliss-reactive ketones (excluding diaryl/α,β-unsaturated/α-hetero) is 1. The van der Waals surface area contributed by atoms with Crippen LogP contribution >= 0.6 is 23.2 Å². The van der Waals surface area contributed by atoms with Crippen LogP contribution in [-0.2, 0) is 15.0 Å². The average molecular weight is 562 g/mol. The molecule has 0 aromatic heterocycles. The summed E-state index contributed by atoms with van der Waals surface area (Å²) < 4.78 is 15.8. The fraction of sp³-hybridized carbons (Fsp3) is 0.533. The number of nitrogens with one attached hydrogen (secondary N) is 2. The lowest BCUT2D eigenvalue weighted by atomic mass is 9.62. The van der Waals surface area contributed by atoms with Crippen LogP contribution in [0.1, 0.15) is 76.3 Å². The molecule has 204 valence electrons. The summed E-state index contributed by atoms with van der Waals surface area (Å²) in [4.78, 5) is 28.2. The molecule has 8 heteroatoms. The Labute approximate surface area is 233 Å². The summed E-state index contributed by atoms with van der Waals surface area (Å²) in [5, 5.41) is 16.9. The molecule has 2 aliphatic heterocycles. The number of rotatable bonds is 5. The molecule has 2 aromatic rings. The van der Waals surface area contributed by atoms with E-state index in [-0.39, 0.29) is 39.7 Å². The Bertz CT molecular complexity index is 1250. The third-order valence-electron chi connectivity index (χ3n) is 8.59. The summed E-state index contributed by atoms with van der Waals surface area (Å²) in [7, 11) is 0. The van der Waals surface area contributed by atoms with Crippen LogP contribution in [0.2, 0.25) is 10.0 Å². The number of amides is 1. The first-order valence-electron chi connectivity index (χ1n) is 13.4. The second-order valence-electron chi connectivity index (χ2n) is 12.4. The molecule has 1 amide bonds. The van der Waals surface area contributed by atoms with Crippen molar-refractivity contribution in [2.24, 2.45) is 11.3 Å². The van der Waals surface area contributed by atoms with E-state index in [2.05, 4.69) is 31.4 Å². The molecule has 3 N–H and O–H groups in total. The van der Waals surface area contributed by atoms with Crippen LogP contribution in [0.5, 0.6) is 0 Å². The molecule has 4 unspecified atom stereocenters. The molecule has 1 aliphatic carbocycles. The maximum atomic E-state index is 15.8. The van der Waals surface area contributed by atoms with Gasteiger partial charge in [0.1, 0.15) is 11.2 Å². The van der Waals surface area contributed by atoms with Crippen molar-refractivity contribution in [1.82, 2.24) is 5.32 Å². The monoisotopic (exact) mass is 560 g/mol. The van der Waals surface area contributed by atoms with Gasteiger partial charge in [-0.15, -0.1) is 0 Å². The van der Waals surface area contributed by atoms with Gasteiger partial charge in [-0.05, 0) is 72.8 Å². The zero-order valence-corrected chi connectivity index (χ0v) is 23.5. The van der Waals surface area contributed by atoms with Gasteiger partial charge in [0.25, 0.3) is 0 Å². The average Bonchev–Trinajstić information content (AvgIpc) is 3.31. The van der Waals surface area contributed by atoms with E-state index in [9.17, 15) is 14.7 Å². The molecule has 1 saturated carbocycles. The van der Waals surface area contributed by atoms with Gasteiger partial charge in [0.15, 0.2) is 5.78 Å². The Balaban J connectivity index is 1.67. The summed E-state index contributed by atoms with van der Waals surface area (Å²) in [6.45, 7) is 6.28. The number of hydrogen-bond acceptors (Lipinski definition) is 4. The Morgan fingerprint density at radius 2 is 1.84 bits per heavy atom. The van der Waals surface area contributed by atoms with Crippen LogP contribution in [0.3, 0.4) is 0 Å². The van der Waals surface area contributed by atoms with Crippen LogP contribution in [0, 0.1) is 17.2 Å². The van der Waals surface area contributed by atoms with Gasteiger partial charge in [-0.1, -0.05) is 62.2 Å². The molecule has 5 nitrogen and oxygen atoms in total. The molecule has 3 aliphatic rings. The predicted octanol–water partition coefficient (Wildman–Crippen LogP) is 6.39. The van der Waals surface area contributed by atoms with Crippen molar-refractivity contribution in [3.63, 3.8) is 0 Å². The summed E-state index contributed by atoms with van der Waals surface area (Å²) in [5.41, 5.74) is 0.146. The topological polar surface area (TPSA) is 78.4 Å². The van der Waals surface area contributed by atoms with E-state index in [0.717, 1.165) is 12.8 Å². The first kappa shape index (κ1) is 27.6. The molecule has 5 rings (SSSR count). The van der Waals surface area contributed by atoms with Crippen molar-refractivity contribution in [3.05, 3.63) is 63.4 Å². The van der Waals surface area contributed by atoms with Gasteiger partial charge in [-0.25, -0.2) is 4.39 Å². The number of benzene rings is 2. The van der Waals surface area contributed by atoms with Gasteiger partial charge < -0.3 is 15.7 Å². The number of anilines is 1. The lowest BCUT2D eigenvalue weighted by Crippen LogP contribution is -2.49. The summed E-state index contributed by atoms with van der Waals surface area (Å²) in [6, 6.07) is 8.87. The Kier molecular flexibility index (Phi) is 7.40. The van der Waals surface area contributed by atoms with Crippen LogP contribution in [0.15, 0.2) is 36.4 Å². The Morgan fingerprint density at radius 1 is 1.13 bits per heavy atom. The largest absolute Gasteiger partial charge is 0.393 e. The van der Waals surface area contributed by atoms with E-state index in [1.54, 1.807) is 24.3 Å². The Morgan fingerprint density at radius 3 is 2.53 bits per heavy atom. The highest BCUT2D eigenvalue weighted by Crippen LogP contribution is 2.57. The fourth-order valence-corrected chi connectivity index (χ4v) is 7.32. The van der Waals surface area contributed by atoms with Crippen molar-refractivity contribution in [2.75, 3.05) is 5.32 Å². The molecule has 2 aromatic carbocycles. The van der Waals surface area contributed by atoms with Crippen LogP contribution < -0.4 is 10.6 Å². The molecule has 0 radical (unpaired) electrons. The molecule has 1 spiro atoms. The second kappa shape index (κ2) is 10.2. The van der Waals surface area contributed by atoms with Crippen molar-refractivity contribution in [3.8, 4) is 0 Å². The predicted molar refractivity (Wildman–Crippen MR) is 148 cm³/mol. The second-order valence-corrected chi connectivity index (χ2v) is 13.3. The van der Waals surface area contributed by atoms with E-state index < -0.39 is 29.2 Å². The highest BCUT2D eigenvalue weighted by Gasteiger charge is 2.66. The van der Waals surface area contributed by atoms with Crippen molar-refractivity contribution in [1.29, 1.82) is 0 Å². The third kappa shape index (κ3) is 4.78. The molecule has 2 heterocycles. The van der Waals surface area contributed by atoms with Crippen molar-refractivity contribution >= 4 is 40.6 Å². The minimum Gasteiger partial charge on any atom is -0.393 e. The summed E-state index contributed by atoms with van der Waals surface area (Å²) in [5.74, 6) is -1.57. The van der Waals surface area contributed by atoms with E-state index in [0.29, 0.717) is 42.0 Å². The van der Waals surface area contributed by atoms with Gasteiger partial charge in [0, 0.05) is 29.1 Å². The van der Waals surface area contributed by atoms with Crippen molar-refractivity contribution in [2.45, 2.75) is 88.8 Å². The first-order valence-corrected chi connectivity index (χ1v) is 14.2. The number of carbonyl (C=O) groups is 2. The maximum Gasteiger partial charge on any atom is 0.237 e. The zero-order chi connectivity index (χ0) is 27.4. The number of fused-ring (bicyclic) bond motifs is 2. The molecule has 4 atom stereocenters. The SMILES string of the molecule is CC(C)(C)CC1NC(C(=O)CC2CCC(O)CC2)C(c2cccc(Cl)c2F)C12C(=O)Nc1cc(Cl)ccc12. The number of aliphatic hydroxyl groups excluding tert-OH is 1. The fourth-order valence-electron chi connectivity index (χ4n) is 6.96. The van der Waals surface area contributed by atoms with Crippen LogP contribution in [0.25, 0.3) is 0 Å². The first-order chi connectivity index (χ1) is 17.9. The van der Waals surface area contributed by atoms with Gasteiger partial charge >= 0.3 is 0 Å². The maximum absolute atomic E-state index is 15.8. The van der Waals surface area contributed by atoms with Gasteiger partial charge in [-0.3, -0.25) is 9.59 Å². The highest BCUT2D eigenvalue weighted by molar-refractivity contribution is 6.31. The highest BCUT2D eigenvalue weighted by atomic mass is 35.5. The molecular weight excluding hydrogens is 526 g/mol. The minimum atomic E-state index is -1.23. The normalized spacial score (nSPS) is 30.9. The van der Waals surface area contributed by atoms with Gasteiger partial charge in [0.2, 0.25) is 5.91 Å². The lowest BCUT2D eigenvalue weighted by molar-refractivity contribution is -0.123. The number of hydrogen-bond donors (Lipinski definition) is 3. The van der Waals surface area contributed by atoms with Crippen LogP contribution in [-0.4, -0.2) is 35.0 Å². The quantitative estimate of drug-likeness (QED) is 0.395. The number of carbonyl (C=O) groups excluding carboxylic acids is 2. The Hall–Kier alpha value is -1.99. The van der Waals surface area contributed by atoms with Gasteiger partial charge in [-0.2, -0.15) is 0 Å².